The van der Waals surface area contributed by atoms with E-state index in [1.54, 1.807) is 20.3 Å². The summed E-state index contributed by atoms with van der Waals surface area (Å²) >= 11 is 0. The van der Waals surface area contributed by atoms with E-state index in [0.29, 0.717) is 24.3 Å². The molecule has 0 unspecified atom stereocenters. The van der Waals surface area contributed by atoms with Crippen LogP contribution in [0.5, 0.6) is 11.5 Å². The number of hydrogen-bond acceptors (Lipinski definition) is 4. The number of hydrazine groups is 1. The van der Waals surface area contributed by atoms with Gasteiger partial charge in [-0.25, -0.2) is 0 Å². The first-order valence-electron chi connectivity index (χ1n) is 6.93. The van der Waals surface area contributed by atoms with E-state index in [0.717, 1.165) is 18.4 Å². The summed E-state index contributed by atoms with van der Waals surface area (Å²) in [5, 5.41) is 0. The van der Waals surface area contributed by atoms with Crippen molar-refractivity contribution in [3.8, 4) is 11.5 Å². The van der Waals surface area contributed by atoms with Crippen LogP contribution in [0, 0.1) is 5.92 Å². The van der Waals surface area contributed by atoms with Gasteiger partial charge in [-0.3, -0.25) is 20.4 Å². The summed E-state index contributed by atoms with van der Waals surface area (Å²) in [5.74, 6) is 1.06. The highest BCUT2D eigenvalue weighted by Crippen LogP contribution is 2.29. The molecule has 2 N–H and O–H groups in total. The van der Waals surface area contributed by atoms with Gasteiger partial charge < -0.3 is 9.47 Å². The van der Waals surface area contributed by atoms with Crippen LogP contribution in [0.4, 0.5) is 0 Å². The summed E-state index contributed by atoms with van der Waals surface area (Å²) in [6.07, 6.45) is 2.67. The van der Waals surface area contributed by atoms with Crippen molar-refractivity contribution in [1.29, 1.82) is 0 Å². The summed E-state index contributed by atoms with van der Waals surface area (Å²) in [5.41, 5.74) is 5.84. The number of benzene rings is 1. The molecule has 1 aromatic rings. The Kier molecular flexibility index (Phi) is 5.03. The Balaban J connectivity index is 1.78. The Morgan fingerprint density at radius 1 is 1.14 bits per heavy atom. The molecule has 0 bridgehead atoms. The van der Waals surface area contributed by atoms with Crippen LogP contribution < -0.4 is 20.3 Å². The quantitative estimate of drug-likeness (QED) is 0.772. The van der Waals surface area contributed by atoms with Crippen LogP contribution >= 0.6 is 0 Å². The number of amides is 2. The Labute approximate surface area is 123 Å². The van der Waals surface area contributed by atoms with Gasteiger partial charge in [-0.05, 0) is 37.0 Å². The summed E-state index contributed by atoms with van der Waals surface area (Å²) in [6, 6.07) is 5.53. The lowest BCUT2D eigenvalue weighted by Crippen LogP contribution is -2.42. The van der Waals surface area contributed by atoms with Crippen molar-refractivity contribution in [2.24, 2.45) is 5.92 Å². The van der Waals surface area contributed by atoms with Crippen molar-refractivity contribution in [3.05, 3.63) is 23.8 Å². The molecule has 0 spiro atoms. The van der Waals surface area contributed by atoms with Gasteiger partial charge in [0.2, 0.25) is 11.8 Å². The van der Waals surface area contributed by atoms with Crippen LogP contribution in [0.25, 0.3) is 0 Å². The molecule has 0 aromatic heterocycles. The van der Waals surface area contributed by atoms with E-state index in [9.17, 15) is 9.59 Å². The highest BCUT2D eigenvalue weighted by molar-refractivity contribution is 5.84. The lowest BCUT2D eigenvalue weighted by Gasteiger charge is -2.10. The molecule has 114 valence electrons. The van der Waals surface area contributed by atoms with Gasteiger partial charge in [0.05, 0.1) is 14.2 Å². The average Bonchev–Trinajstić information content (AvgIpc) is 3.35. The van der Waals surface area contributed by atoms with E-state index in [4.69, 9.17) is 9.47 Å². The number of nitrogens with one attached hydrogen (secondary N) is 2. The van der Waals surface area contributed by atoms with Crippen LogP contribution in [0.3, 0.4) is 0 Å². The molecule has 1 aromatic carbocycles. The minimum Gasteiger partial charge on any atom is -0.493 e. The molecule has 0 heterocycles. The minimum atomic E-state index is -0.209. The number of aryl methyl sites for hydroxylation is 1. The zero-order valence-corrected chi connectivity index (χ0v) is 12.3. The van der Waals surface area contributed by atoms with Crippen molar-refractivity contribution in [3.63, 3.8) is 0 Å². The molecule has 6 nitrogen and oxygen atoms in total. The zero-order chi connectivity index (χ0) is 15.2. The topological polar surface area (TPSA) is 76.7 Å². The van der Waals surface area contributed by atoms with E-state index in [2.05, 4.69) is 10.9 Å². The van der Waals surface area contributed by atoms with Crippen molar-refractivity contribution in [2.45, 2.75) is 25.7 Å². The number of rotatable bonds is 6. The van der Waals surface area contributed by atoms with Gasteiger partial charge in [-0.1, -0.05) is 6.07 Å². The fourth-order valence-electron chi connectivity index (χ4n) is 1.94. The van der Waals surface area contributed by atoms with E-state index in [1.165, 1.54) is 0 Å². The first kappa shape index (κ1) is 15.2. The normalized spacial score (nSPS) is 13.4. The van der Waals surface area contributed by atoms with Gasteiger partial charge in [0, 0.05) is 12.3 Å². The molecule has 0 aliphatic heterocycles. The van der Waals surface area contributed by atoms with Crippen molar-refractivity contribution in [1.82, 2.24) is 10.9 Å². The molecule has 2 rings (SSSR count). The Hall–Kier alpha value is -2.24. The van der Waals surface area contributed by atoms with Crippen LogP contribution in [0.15, 0.2) is 18.2 Å². The number of hydrogen-bond donors (Lipinski definition) is 2. The van der Waals surface area contributed by atoms with E-state index >= 15 is 0 Å². The van der Waals surface area contributed by atoms with Gasteiger partial charge in [0.15, 0.2) is 11.5 Å². The summed E-state index contributed by atoms with van der Waals surface area (Å²) in [7, 11) is 3.15. The third-order valence-corrected chi connectivity index (χ3v) is 3.36. The van der Waals surface area contributed by atoms with E-state index in [-0.39, 0.29) is 17.7 Å². The van der Waals surface area contributed by atoms with Gasteiger partial charge in [-0.2, -0.15) is 0 Å². The largest absolute Gasteiger partial charge is 0.493 e. The first-order valence-corrected chi connectivity index (χ1v) is 6.93. The van der Waals surface area contributed by atoms with E-state index in [1.807, 2.05) is 12.1 Å². The van der Waals surface area contributed by atoms with Crippen LogP contribution in [-0.2, 0) is 16.0 Å². The average molecular weight is 292 g/mol. The molecule has 1 aliphatic carbocycles. The second-order valence-electron chi connectivity index (χ2n) is 5.00. The summed E-state index contributed by atoms with van der Waals surface area (Å²) in [4.78, 5) is 23.0. The second kappa shape index (κ2) is 6.97. The highest BCUT2D eigenvalue weighted by atomic mass is 16.5. The van der Waals surface area contributed by atoms with Crippen molar-refractivity contribution < 1.29 is 19.1 Å². The molecule has 1 fully saturated rings. The summed E-state index contributed by atoms with van der Waals surface area (Å²) in [6.45, 7) is 0. The maximum absolute atomic E-state index is 11.7. The lowest BCUT2D eigenvalue weighted by molar-refractivity contribution is -0.129. The van der Waals surface area contributed by atoms with Gasteiger partial charge in [0.25, 0.3) is 0 Å². The SMILES string of the molecule is COc1ccc(CCC(=O)NNC(=O)C2CC2)cc1OC. The van der Waals surface area contributed by atoms with E-state index < -0.39 is 0 Å². The third-order valence-electron chi connectivity index (χ3n) is 3.36. The zero-order valence-electron chi connectivity index (χ0n) is 12.3. The molecule has 0 atom stereocenters. The van der Waals surface area contributed by atoms with Crippen LogP contribution in [0.1, 0.15) is 24.8 Å². The fraction of sp³-hybridized carbons (Fsp3) is 0.467. The second-order valence-corrected chi connectivity index (χ2v) is 5.00. The predicted molar refractivity (Wildman–Crippen MR) is 76.9 cm³/mol. The predicted octanol–water partition coefficient (Wildman–Crippen LogP) is 1.19. The molecule has 2 amide bonds. The Morgan fingerprint density at radius 3 is 2.48 bits per heavy atom. The monoisotopic (exact) mass is 292 g/mol. The molecule has 1 aliphatic rings. The Bertz CT molecular complexity index is 526. The maximum atomic E-state index is 11.7. The molecule has 0 radical (unpaired) electrons. The molecule has 6 heteroatoms. The number of methoxy groups -OCH3 is 2. The molecule has 0 saturated heterocycles. The standard InChI is InChI=1S/C15H20N2O4/c1-20-12-7-3-10(9-13(12)21-2)4-8-14(18)16-17-15(19)11-5-6-11/h3,7,9,11H,4-6,8H2,1-2H3,(H,16,18)(H,17,19). The lowest BCUT2D eigenvalue weighted by atomic mass is 10.1. The van der Waals surface area contributed by atoms with Gasteiger partial charge >= 0.3 is 0 Å². The van der Waals surface area contributed by atoms with Crippen LogP contribution in [0.2, 0.25) is 0 Å². The number of carbonyl (C=O) groups excluding carboxylic acids is 2. The van der Waals surface area contributed by atoms with Gasteiger partial charge in [-0.15, -0.1) is 0 Å². The van der Waals surface area contributed by atoms with Gasteiger partial charge in [0.1, 0.15) is 0 Å². The molecular weight excluding hydrogens is 272 g/mol. The Morgan fingerprint density at radius 2 is 1.86 bits per heavy atom. The number of ether oxygens (including phenoxy) is 2. The fourth-order valence-corrected chi connectivity index (χ4v) is 1.94. The molecule has 1 saturated carbocycles. The number of carbonyl (C=O) groups is 2. The maximum Gasteiger partial charge on any atom is 0.241 e. The summed E-state index contributed by atoms with van der Waals surface area (Å²) < 4.78 is 10.4. The molecule has 21 heavy (non-hydrogen) atoms. The van der Waals surface area contributed by atoms with Crippen molar-refractivity contribution in [2.75, 3.05) is 14.2 Å². The minimum absolute atomic E-state index is 0.0798. The molecular formula is C15H20N2O4. The van der Waals surface area contributed by atoms with Crippen LogP contribution in [-0.4, -0.2) is 26.0 Å². The first-order chi connectivity index (χ1) is 10.1. The highest BCUT2D eigenvalue weighted by Gasteiger charge is 2.29. The third kappa shape index (κ3) is 4.37. The smallest absolute Gasteiger partial charge is 0.241 e. The van der Waals surface area contributed by atoms with Crippen molar-refractivity contribution >= 4 is 11.8 Å².